The lowest BCUT2D eigenvalue weighted by Gasteiger charge is -2.15. The van der Waals surface area contributed by atoms with Crippen LogP contribution >= 0.6 is 11.8 Å². The second-order valence-corrected chi connectivity index (χ2v) is 6.21. The summed E-state index contributed by atoms with van der Waals surface area (Å²) < 4.78 is 0. The van der Waals surface area contributed by atoms with Crippen molar-refractivity contribution in [3.05, 3.63) is 24.0 Å². The fourth-order valence-corrected chi connectivity index (χ4v) is 2.76. The van der Waals surface area contributed by atoms with E-state index in [1.165, 1.54) is 28.9 Å². The van der Waals surface area contributed by atoms with E-state index in [4.69, 9.17) is 5.11 Å². The minimum absolute atomic E-state index is 0.0314. The number of carboxylic acids is 1. The third-order valence-corrected chi connectivity index (χ3v) is 3.95. The number of aromatic nitrogens is 1. The fourth-order valence-electron chi connectivity index (χ4n) is 1.89. The van der Waals surface area contributed by atoms with E-state index in [1.807, 2.05) is 0 Å². The number of amides is 3. The van der Waals surface area contributed by atoms with Crippen molar-refractivity contribution in [3.63, 3.8) is 0 Å². The zero-order valence-electron chi connectivity index (χ0n) is 11.6. The van der Waals surface area contributed by atoms with Crippen molar-refractivity contribution in [2.45, 2.75) is 24.3 Å². The van der Waals surface area contributed by atoms with Gasteiger partial charge in [0.1, 0.15) is 11.2 Å². The van der Waals surface area contributed by atoms with E-state index in [1.54, 1.807) is 19.9 Å². The number of pyridine rings is 1. The smallest absolute Gasteiger partial charge is 0.354 e. The molecule has 1 aliphatic rings. The number of urea groups is 1. The number of hydrogen-bond donors (Lipinski definition) is 2. The van der Waals surface area contributed by atoms with Gasteiger partial charge in [-0.05, 0) is 26.0 Å². The van der Waals surface area contributed by atoms with Crippen LogP contribution in [-0.2, 0) is 4.79 Å². The lowest BCUT2D eigenvalue weighted by atomic mass is 10.1. The lowest BCUT2D eigenvalue weighted by Crippen LogP contribution is -2.40. The second kappa shape index (κ2) is 5.72. The number of hydrogen-bond acceptors (Lipinski definition) is 5. The second-order valence-electron chi connectivity index (χ2n) is 5.04. The first-order chi connectivity index (χ1) is 9.81. The summed E-state index contributed by atoms with van der Waals surface area (Å²) >= 11 is 1.37. The lowest BCUT2D eigenvalue weighted by molar-refractivity contribution is -0.130. The van der Waals surface area contributed by atoms with Crippen LogP contribution in [0.4, 0.5) is 4.79 Å². The van der Waals surface area contributed by atoms with Gasteiger partial charge < -0.3 is 10.4 Å². The first kappa shape index (κ1) is 15.3. The molecule has 0 bridgehead atoms. The van der Waals surface area contributed by atoms with Crippen molar-refractivity contribution in [2.24, 2.45) is 0 Å². The first-order valence-electron chi connectivity index (χ1n) is 6.27. The van der Waals surface area contributed by atoms with Gasteiger partial charge in [0.15, 0.2) is 0 Å². The molecule has 1 saturated heterocycles. The number of carbonyl (C=O) groups is 3. The first-order valence-corrected chi connectivity index (χ1v) is 7.26. The highest BCUT2D eigenvalue weighted by atomic mass is 32.2. The van der Waals surface area contributed by atoms with Gasteiger partial charge in [0, 0.05) is 23.4 Å². The van der Waals surface area contributed by atoms with Crippen LogP contribution in [0.15, 0.2) is 23.2 Å². The van der Waals surface area contributed by atoms with E-state index in [0.29, 0.717) is 5.75 Å². The molecule has 0 spiro atoms. The largest absolute Gasteiger partial charge is 0.477 e. The Morgan fingerprint density at radius 3 is 2.76 bits per heavy atom. The molecule has 2 rings (SSSR count). The molecule has 0 aliphatic carbocycles. The van der Waals surface area contributed by atoms with E-state index >= 15 is 0 Å². The standard InChI is InChI=1S/C13H15N3O4S/c1-13(2)11(19)16(12(20)15-13)5-6-21-8-3-4-14-9(7-8)10(17)18/h3-4,7H,5-6H2,1-2H3,(H,15,20)(H,17,18). The molecule has 1 aliphatic heterocycles. The van der Waals surface area contributed by atoms with Crippen LogP contribution in [0.3, 0.4) is 0 Å². The van der Waals surface area contributed by atoms with Crippen LogP contribution in [0.2, 0.25) is 0 Å². The monoisotopic (exact) mass is 309 g/mol. The number of imide groups is 1. The number of nitrogens with one attached hydrogen (secondary N) is 1. The highest BCUT2D eigenvalue weighted by molar-refractivity contribution is 7.99. The van der Waals surface area contributed by atoms with Crippen molar-refractivity contribution in [2.75, 3.05) is 12.3 Å². The van der Waals surface area contributed by atoms with Gasteiger partial charge in [0.2, 0.25) is 0 Å². The van der Waals surface area contributed by atoms with Crippen LogP contribution in [0, 0.1) is 0 Å². The van der Waals surface area contributed by atoms with E-state index in [2.05, 4.69) is 10.3 Å². The van der Waals surface area contributed by atoms with Gasteiger partial charge in [-0.3, -0.25) is 9.69 Å². The molecule has 0 atom stereocenters. The molecular formula is C13H15N3O4S. The average Bonchev–Trinajstić information content (AvgIpc) is 2.61. The van der Waals surface area contributed by atoms with E-state index < -0.39 is 17.5 Å². The number of rotatable bonds is 5. The molecule has 0 saturated carbocycles. The maximum Gasteiger partial charge on any atom is 0.354 e. The van der Waals surface area contributed by atoms with Crippen molar-refractivity contribution >= 4 is 29.7 Å². The highest BCUT2D eigenvalue weighted by Crippen LogP contribution is 2.21. The third-order valence-electron chi connectivity index (χ3n) is 2.98. The van der Waals surface area contributed by atoms with Crippen LogP contribution in [0.25, 0.3) is 0 Å². The van der Waals surface area contributed by atoms with Gasteiger partial charge in [-0.15, -0.1) is 11.8 Å². The van der Waals surface area contributed by atoms with E-state index in [-0.39, 0.29) is 18.1 Å². The van der Waals surface area contributed by atoms with E-state index in [0.717, 1.165) is 4.90 Å². The van der Waals surface area contributed by atoms with Gasteiger partial charge in [-0.2, -0.15) is 0 Å². The number of carbonyl (C=O) groups excluding carboxylic acids is 2. The molecule has 1 aromatic rings. The van der Waals surface area contributed by atoms with Gasteiger partial charge in [0.25, 0.3) is 5.91 Å². The summed E-state index contributed by atoms with van der Waals surface area (Å²) in [5, 5.41) is 11.5. The normalized spacial score (nSPS) is 17.0. The molecule has 112 valence electrons. The Bertz CT molecular complexity index is 603. The third kappa shape index (κ3) is 3.33. The Labute approximate surface area is 125 Å². The van der Waals surface area contributed by atoms with Gasteiger partial charge in [-0.25, -0.2) is 14.6 Å². The van der Waals surface area contributed by atoms with Gasteiger partial charge in [0.05, 0.1) is 0 Å². The molecule has 0 radical (unpaired) electrons. The minimum atomic E-state index is -1.09. The molecule has 2 heterocycles. The number of thioether (sulfide) groups is 1. The summed E-state index contributed by atoms with van der Waals surface area (Å²) in [5.41, 5.74) is -0.898. The molecular weight excluding hydrogens is 294 g/mol. The Morgan fingerprint density at radius 2 is 2.19 bits per heavy atom. The number of aromatic carboxylic acids is 1. The predicted molar refractivity (Wildman–Crippen MR) is 76.2 cm³/mol. The fraction of sp³-hybridized carbons (Fsp3) is 0.385. The Hall–Kier alpha value is -2.09. The summed E-state index contributed by atoms with van der Waals surface area (Å²) in [6, 6.07) is 2.75. The molecule has 3 amide bonds. The van der Waals surface area contributed by atoms with Crippen molar-refractivity contribution in [3.8, 4) is 0 Å². The zero-order valence-corrected chi connectivity index (χ0v) is 12.4. The number of carboxylic acid groups (broad SMARTS) is 1. The summed E-state index contributed by atoms with van der Waals surface area (Å²) in [4.78, 5) is 40.1. The van der Waals surface area contributed by atoms with Crippen molar-refractivity contribution in [1.29, 1.82) is 0 Å². The summed E-state index contributed by atoms with van der Waals surface area (Å²) in [5.74, 6) is -0.861. The zero-order chi connectivity index (χ0) is 15.6. The summed E-state index contributed by atoms with van der Waals surface area (Å²) in [6.07, 6.45) is 1.42. The Balaban J connectivity index is 1.93. The maximum atomic E-state index is 12.0. The van der Waals surface area contributed by atoms with Gasteiger partial charge in [-0.1, -0.05) is 0 Å². The van der Waals surface area contributed by atoms with Crippen LogP contribution in [-0.4, -0.2) is 50.7 Å². The molecule has 1 fully saturated rings. The summed E-state index contributed by atoms with van der Waals surface area (Å²) in [6.45, 7) is 3.58. The van der Waals surface area contributed by atoms with E-state index in [9.17, 15) is 14.4 Å². The van der Waals surface area contributed by atoms with Crippen molar-refractivity contribution < 1.29 is 19.5 Å². The minimum Gasteiger partial charge on any atom is -0.477 e. The number of nitrogens with zero attached hydrogens (tertiary/aromatic N) is 2. The topological polar surface area (TPSA) is 99.6 Å². The molecule has 0 aromatic carbocycles. The molecule has 21 heavy (non-hydrogen) atoms. The van der Waals surface area contributed by atoms with Crippen molar-refractivity contribution in [1.82, 2.24) is 15.2 Å². The molecule has 8 heteroatoms. The predicted octanol–water partition coefficient (Wildman–Crippen LogP) is 1.20. The summed E-state index contributed by atoms with van der Waals surface area (Å²) in [7, 11) is 0. The molecule has 7 nitrogen and oxygen atoms in total. The molecule has 2 N–H and O–H groups in total. The quantitative estimate of drug-likeness (QED) is 0.626. The maximum absolute atomic E-state index is 12.0. The Kier molecular flexibility index (Phi) is 4.17. The SMILES string of the molecule is CC1(C)NC(=O)N(CCSc2ccnc(C(=O)O)c2)C1=O. The molecule has 0 unspecified atom stereocenters. The van der Waals surface area contributed by atoms with Crippen LogP contribution in [0.1, 0.15) is 24.3 Å². The Morgan fingerprint density at radius 1 is 1.48 bits per heavy atom. The average molecular weight is 309 g/mol. The molecule has 1 aromatic heterocycles. The highest BCUT2D eigenvalue weighted by Gasteiger charge is 2.43. The van der Waals surface area contributed by atoms with Crippen LogP contribution < -0.4 is 5.32 Å². The van der Waals surface area contributed by atoms with Gasteiger partial charge >= 0.3 is 12.0 Å². The van der Waals surface area contributed by atoms with Crippen LogP contribution in [0.5, 0.6) is 0 Å².